The third kappa shape index (κ3) is 3.43. The van der Waals surface area contributed by atoms with Crippen molar-refractivity contribution in [3.8, 4) is 11.4 Å². The Hall–Kier alpha value is -2.98. The van der Waals surface area contributed by atoms with Gasteiger partial charge in [0.1, 0.15) is 11.6 Å². The van der Waals surface area contributed by atoms with E-state index in [9.17, 15) is 4.39 Å². The molecule has 0 radical (unpaired) electrons. The lowest BCUT2D eigenvalue weighted by Crippen LogP contribution is -2.36. The van der Waals surface area contributed by atoms with Crippen LogP contribution in [-0.2, 0) is 13.0 Å². The lowest BCUT2D eigenvalue weighted by atomic mass is 10.0. The molecule has 1 saturated heterocycles. The molecule has 4 heteroatoms. The van der Waals surface area contributed by atoms with Crippen LogP contribution in [0.5, 0.6) is 0 Å². The normalized spacial score (nSPS) is 14.3. The van der Waals surface area contributed by atoms with Gasteiger partial charge < -0.3 is 4.98 Å². The van der Waals surface area contributed by atoms with Crippen molar-refractivity contribution in [3.05, 3.63) is 89.2 Å². The number of benzene rings is 3. The summed E-state index contributed by atoms with van der Waals surface area (Å²) in [6.07, 6.45) is 2.11. The molecule has 0 spiro atoms. The zero-order valence-corrected chi connectivity index (χ0v) is 15.7. The van der Waals surface area contributed by atoms with Crippen molar-refractivity contribution in [1.29, 1.82) is 0 Å². The summed E-state index contributed by atoms with van der Waals surface area (Å²) in [5.74, 6) is 0.362. The van der Waals surface area contributed by atoms with E-state index in [-0.39, 0.29) is 5.82 Å². The van der Waals surface area contributed by atoms with Crippen molar-refractivity contribution in [2.45, 2.75) is 19.4 Å². The lowest BCUT2D eigenvalue weighted by molar-refractivity contribution is 0.172. The van der Waals surface area contributed by atoms with Crippen molar-refractivity contribution < 1.29 is 4.39 Å². The molecule has 3 nitrogen and oxygen atoms in total. The fourth-order valence-corrected chi connectivity index (χ4v) is 3.77. The third-order valence-corrected chi connectivity index (χ3v) is 5.44. The van der Waals surface area contributed by atoms with Gasteiger partial charge in [-0.25, -0.2) is 9.37 Å². The molecule has 2 heterocycles. The second-order valence-corrected chi connectivity index (χ2v) is 7.54. The first kappa shape index (κ1) is 17.1. The minimum absolute atomic E-state index is 0.221. The van der Waals surface area contributed by atoms with E-state index in [0.29, 0.717) is 11.4 Å². The molecular formula is C24H22FN3. The molecule has 1 aliphatic heterocycles. The maximum absolute atomic E-state index is 14.7. The van der Waals surface area contributed by atoms with Crippen LogP contribution >= 0.6 is 0 Å². The lowest BCUT2D eigenvalue weighted by Gasteiger charge is -2.30. The van der Waals surface area contributed by atoms with Gasteiger partial charge in [0.15, 0.2) is 0 Å². The maximum Gasteiger partial charge on any atom is 0.141 e. The summed E-state index contributed by atoms with van der Waals surface area (Å²) in [4.78, 5) is 10.2. The minimum atomic E-state index is -0.221. The number of aromatic amines is 1. The van der Waals surface area contributed by atoms with Crippen LogP contribution in [-0.4, -0.2) is 28.0 Å². The predicted octanol–water partition coefficient (Wildman–Crippen LogP) is 5.17. The Morgan fingerprint density at radius 3 is 2.46 bits per heavy atom. The summed E-state index contributed by atoms with van der Waals surface area (Å²) < 4.78 is 14.7. The summed E-state index contributed by atoms with van der Waals surface area (Å²) in [5.41, 5.74) is 5.81. The van der Waals surface area contributed by atoms with E-state index in [1.807, 2.05) is 24.3 Å². The molecule has 1 aromatic heterocycles. The number of hydrogen-bond donors (Lipinski definition) is 1. The van der Waals surface area contributed by atoms with Crippen LogP contribution in [0.2, 0.25) is 0 Å². The van der Waals surface area contributed by atoms with Gasteiger partial charge >= 0.3 is 0 Å². The third-order valence-electron chi connectivity index (χ3n) is 5.44. The van der Waals surface area contributed by atoms with Gasteiger partial charge in [0.2, 0.25) is 0 Å². The van der Waals surface area contributed by atoms with E-state index in [1.165, 1.54) is 17.5 Å². The van der Waals surface area contributed by atoms with Crippen LogP contribution in [0, 0.1) is 5.82 Å². The molecule has 1 N–H and O–H groups in total. The number of aromatic nitrogens is 2. The summed E-state index contributed by atoms with van der Waals surface area (Å²) in [7, 11) is 0. The highest BCUT2D eigenvalue weighted by molar-refractivity contribution is 5.80. The topological polar surface area (TPSA) is 31.9 Å². The molecule has 3 aromatic carbocycles. The molecule has 4 aromatic rings. The molecule has 0 atom stereocenters. The molecule has 1 aliphatic rings. The second kappa shape index (κ2) is 7.21. The molecule has 0 saturated carbocycles. The van der Waals surface area contributed by atoms with Crippen molar-refractivity contribution >= 4 is 11.0 Å². The highest BCUT2D eigenvalue weighted by Crippen LogP contribution is 2.26. The number of halogens is 1. The van der Waals surface area contributed by atoms with E-state index in [0.717, 1.165) is 42.7 Å². The van der Waals surface area contributed by atoms with Gasteiger partial charge in [-0.15, -0.1) is 0 Å². The monoisotopic (exact) mass is 371 g/mol. The number of likely N-dealkylation sites (tertiary alicyclic amines) is 1. The van der Waals surface area contributed by atoms with E-state index >= 15 is 0 Å². The van der Waals surface area contributed by atoms with E-state index < -0.39 is 0 Å². The Labute approximate surface area is 163 Å². The molecule has 0 bridgehead atoms. The van der Waals surface area contributed by atoms with E-state index in [4.69, 9.17) is 0 Å². The zero-order chi connectivity index (χ0) is 18.9. The molecule has 0 unspecified atom stereocenters. The van der Waals surface area contributed by atoms with Crippen molar-refractivity contribution in [2.75, 3.05) is 13.1 Å². The molecule has 5 rings (SSSR count). The summed E-state index contributed by atoms with van der Waals surface area (Å²) in [6, 6.07) is 22.1. The van der Waals surface area contributed by atoms with Gasteiger partial charge in [-0.3, -0.25) is 4.90 Å². The van der Waals surface area contributed by atoms with Gasteiger partial charge in [-0.05, 0) is 66.9 Å². The maximum atomic E-state index is 14.7. The molecular weight excluding hydrogens is 349 g/mol. The summed E-state index contributed by atoms with van der Waals surface area (Å²) in [5, 5.41) is 0. The molecule has 140 valence electrons. The zero-order valence-electron chi connectivity index (χ0n) is 15.7. The largest absolute Gasteiger partial charge is 0.338 e. The number of fused-ring (bicyclic) bond motifs is 1. The minimum Gasteiger partial charge on any atom is -0.338 e. The van der Waals surface area contributed by atoms with Gasteiger partial charge in [0, 0.05) is 6.54 Å². The van der Waals surface area contributed by atoms with Gasteiger partial charge in [0.05, 0.1) is 16.6 Å². The Morgan fingerprint density at radius 1 is 0.893 bits per heavy atom. The summed E-state index contributed by atoms with van der Waals surface area (Å²) >= 11 is 0. The smallest absolute Gasteiger partial charge is 0.141 e. The first-order valence-corrected chi connectivity index (χ1v) is 9.78. The predicted molar refractivity (Wildman–Crippen MR) is 111 cm³/mol. The summed E-state index contributed by atoms with van der Waals surface area (Å²) in [6.45, 7) is 3.04. The molecule has 1 fully saturated rings. The Bertz CT molecular complexity index is 1110. The molecule has 28 heavy (non-hydrogen) atoms. The Morgan fingerprint density at radius 2 is 1.71 bits per heavy atom. The van der Waals surface area contributed by atoms with Crippen LogP contribution in [0.4, 0.5) is 4.39 Å². The van der Waals surface area contributed by atoms with Crippen LogP contribution in [0.3, 0.4) is 0 Å². The van der Waals surface area contributed by atoms with Gasteiger partial charge in [-0.1, -0.05) is 42.5 Å². The van der Waals surface area contributed by atoms with Gasteiger partial charge in [0.25, 0.3) is 0 Å². The molecule has 0 aliphatic carbocycles. The standard InChI is InChI=1S/C24H22FN3/c25-21-14-19(16-28-11-4-12-28)7-9-20(21)24-26-22-10-8-18(15-23(22)27-24)13-17-5-2-1-3-6-17/h1-3,5-10,14-15H,4,11-13,16H2,(H,26,27). The second-order valence-electron chi connectivity index (χ2n) is 7.54. The highest BCUT2D eigenvalue weighted by Gasteiger charge is 2.16. The highest BCUT2D eigenvalue weighted by atomic mass is 19.1. The number of rotatable bonds is 5. The van der Waals surface area contributed by atoms with Crippen LogP contribution in [0.1, 0.15) is 23.1 Å². The van der Waals surface area contributed by atoms with E-state index in [2.05, 4.69) is 51.3 Å². The van der Waals surface area contributed by atoms with E-state index in [1.54, 1.807) is 6.07 Å². The number of hydrogen-bond acceptors (Lipinski definition) is 2. The van der Waals surface area contributed by atoms with Crippen LogP contribution in [0.25, 0.3) is 22.4 Å². The number of nitrogens with zero attached hydrogens (tertiary/aromatic N) is 2. The Balaban J connectivity index is 1.41. The van der Waals surface area contributed by atoms with Crippen molar-refractivity contribution in [1.82, 2.24) is 14.9 Å². The SMILES string of the molecule is Fc1cc(CN2CCC2)ccc1-c1nc2ccc(Cc3ccccc3)cc2[nH]1. The fraction of sp³-hybridized carbons (Fsp3) is 0.208. The number of H-pyrrole nitrogens is 1. The van der Waals surface area contributed by atoms with Gasteiger partial charge in [-0.2, -0.15) is 0 Å². The molecule has 0 amide bonds. The first-order chi connectivity index (χ1) is 13.7. The number of nitrogens with one attached hydrogen (secondary N) is 1. The average molecular weight is 371 g/mol. The quantitative estimate of drug-likeness (QED) is 0.525. The average Bonchev–Trinajstić information content (AvgIpc) is 3.08. The van der Waals surface area contributed by atoms with Crippen LogP contribution < -0.4 is 0 Å². The van der Waals surface area contributed by atoms with Crippen LogP contribution in [0.15, 0.2) is 66.7 Å². The fourth-order valence-electron chi connectivity index (χ4n) is 3.77. The van der Waals surface area contributed by atoms with Crippen molar-refractivity contribution in [3.63, 3.8) is 0 Å². The Kier molecular flexibility index (Phi) is 4.41. The number of imidazole rings is 1. The van der Waals surface area contributed by atoms with Crippen molar-refractivity contribution in [2.24, 2.45) is 0 Å². The first-order valence-electron chi connectivity index (χ1n) is 9.78.